The lowest BCUT2D eigenvalue weighted by molar-refractivity contribution is 0.000826. The molecule has 14 nitrogen and oxygen atoms in total. The van der Waals surface area contributed by atoms with Gasteiger partial charge < -0.3 is 41.0 Å². The van der Waals surface area contributed by atoms with E-state index in [1.807, 2.05) is 106 Å². The molecule has 6 atom stereocenters. The van der Waals surface area contributed by atoms with Crippen LogP contribution in [-0.4, -0.2) is 96.9 Å². The Balaban J connectivity index is 0.000000155. The summed E-state index contributed by atoms with van der Waals surface area (Å²) in [7, 11) is 0. The van der Waals surface area contributed by atoms with Crippen LogP contribution in [0.3, 0.4) is 0 Å². The van der Waals surface area contributed by atoms with Crippen LogP contribution in [0.4, 0.5) is 26.7 Å². The van der Waals surface area contributed by atoms with Gasteiger partial charge >= 0.3 is 12.2 Å². The minimum absolute atomic E-state index is 0.0633. The first-order valence-corrected chi connectivity index (χ1v) is 33.6. The fourth-order valence-electron chi connectivity index (χ4n) is 13.4. The Bertz CT molecular complexity index is 3530. The third-order valence-electron chi connectivity index (χ3n) is 19.5. The predicted octanol–water partition coefficient (Wildman–Crippen LogP) is 16.9. The molecule has 3 unspecified atom stereocenters. The van der Waals surface area contributed by atoms with Crippen molar-refractivity contribution in [1.29, 1.82) is 0 Å². The lowest BCUT2D eigenvalue weighted by atomic mass is 9.68. The van der Waals surface area contributed by atoms with Gasteiger partial charge in [0.15, 0.2) is 17.1 Å². The Labute approximate surface area is 553 Å². The summed E-state index contributed by atoms with van der Waals surface area (Å²) in [6.45, 7) is 39.4. The second-order valence-corrected chi connectivity index (χ2v) is 28.8. The van der Waals surface area contributed by atoms with Crippen molar-refractivity contribution in [3.8, 4) is 0 Å². The van der Waals surface area contributed by atoms with Gasteiger partial charge in [0, 0.05) is 98.1 Å². The normalized spacial score (nSPS) is 21.2. The second-order valence-electron chi connectivity index (χ2n) is 28.8. The van der Waals surface area contributed by atoms with Gasteiger partial charge in [-0.15, -0.1) is 0 Å². The summed E-state index contributed by atoms with van der Waals surface area (Å²) in [5, 5.41) is 11.0. The van der Waals surface area contributed by atoms with Gasteiger partial charge in [-0.3, -0.25) is 4.79 Å². The molecule has 0 heterocycles. The topological polar surface area (TPSA) is 151 Å². The molecule has 0 bridgehead atoms. The van der Waals surface area contributed by atoms with Crippen LogP contribution >= 0.6 is 0 Å². The average Bonchev–Trinajstić information content (AvgIpc) is 1.57. The molecule has 6 fully saturated rings. The van der Waals surface area contributed by atoms with Crippen molar-refractivity contribution < 1.29 is 23.9 Å². The third-order valence-corrected chi connectivity index (χ3v) is 19.5. The Morgan fingerprint density at radius 3 is 1.26 bits per heavy atom. The third kappa shape index (κ3) is 19.5. The number of nitrogens with zero attached hydrogens (tertiary/aromatic N) is 5. The summed E-state index contributed by atoms with van der Waals surface area (Å²) in [6.07, 6.45) is 14.4. The zero-order valence-corrected chi connectivity index (χ0v) is 55.6. The van der Waals surface area contributed by atoms with Gasteiger partial charge in [-0.05, 0) is 139 Å². The molecule has 12 rings (SSSR count). The Hall–Kier alpha value is -8.16. The summed E-state index contributed by atoms with van der Waals surface area (Å²) in [5.41, 5.74) is 14.2. The molecule has 14 heteroatoms. The zero-order chi connectivity index (χ0) is 66.1. The van der Waals surface area contributed by atoms with E-state index >= 15 is 0 Å². The lowest BCUT2D eigenvalue weighted by Crippen LogP contribution is -2.51. The van der Waals surface area contributed by atoms with Crippen LogP contribution in [0.5, 0.6) is 0 Å². The molecule has 0 saturated heterocycles. The van der Waals surface area contributed by atoms with Crippen molar-refractivity contribution in [2.24, 2.45) is 22.0 Å². The molecule has 6 aromatic rings. The molecule has 6 aliphatic carbocycles. The van der Waals surface area contributed by atoms with E-state index in [0.717, 1.165) is 88.1 Å². The van der Waals surface area contributed by atoms with Gasteiger partial charge in [-0.1, -0.05) is 183 Å². The fourth-order valence-corrected chi connectivity index (χ4v) is 13.4. The van der Waals surface area contributed by atoms with Crippen molar-refractivity contribution in [3.63, 3.8) is 0 Å². The number of carbonyl (C=O) groups excluding carboxylic acids is 3. The zero-order valence-electron chi connectivity index (χ0n) is 55.6. The number of aldehydes is 1. The van der Waals surface area contributed by atoms with E-state index in [1.54, 1.807) is 24.3 Å². The summed E-state index contributed by atoms with van der Waals surface area (Å²) in [6, 6.07) is 55.3. The number of benzene rings is 6. The highest BCUT2D eigenvalue weighted by atomic mass is 16.6. The van der Waals surface area contributed by atoms with Gasteiger partial charge in [0.05, 0.1) is 19.7 Å². The molecule has 6 saturated carbocycles. The van der Waals surface area contributed by atoms with Crippen molar-refractivity contribution in [2.45, 2.75) is 179 Å². The van der Waals surface area contributed by atoms with Crippen molar-refractivity contribution in [1.82, 2.24) is 25.8 Å². The number of rotatable bonds is 22. The van der Waals surface area contributed by atoms with E-state index in [2.05, 4.69) is 115 Å². The molecule has 2 amide bonds. The van der Waals surface area contributed by atoms with Crippen molar-refractivity contribution >= 4 is 35.5 Å². The number of ether oxygens (including phenoxy) is 2. The maximum atomic E-state index is 13.3. The minimum atomic E-state index is -0.513. The number of hydrogen-bond donors (Lipinski definition) is 4. The average molecular weight is 1250 g/mol. The van der Waals surface area contributed by atoms with Crippen molar-refractivity contribution in [3.05, 3.63) is 231 Å². The highest BCUT2D eigenvalue weighted by molar-refractivity contribution is 5.84. The smallest absolute Gasteiger partial charge is 0.410 e. The van der Waals surface area contributed by atoms with E-state index in [9.17, 15) is 14.4 Å². The van der Waals surface area contributed by atoms with E-state index in [-0.39, 0.29) is 35.1 Å². The van der Waals surface area contributed by atoms with Crippen LogP contribution in [-0.2, 0) is 22.6 Å². The quantitative estimate of drug-likeness (QED) is 0.0385. The van der Waals surface area contributed by atoms with E-state index in [0.29, 0.717) is 72.1 Å². The first-order valence-electron chi connectivity index (χ1n) is 33.6. The summed E-state index contributed by atoms with van der Waals surface area (Å²) < 4.78 is 11.5. The largest absolute Gasteiger partial charge is 0.444 e. The Morgan fingerprint density at radius 2 is 0.882 bits per heavy atom. The number of hydrogen-bond acceptors (Lipinski definition) is 9. The van der Waals surface area contributed by atoms with Crippen LogP contribution in [0.2, 0.25) is 0 Å². The number of nitrogens with two attached hydrogens (primary N) is 1. The Kier molecular flexibility index (Phi) is 23.5. The molecule has 0 aromatic heterocycles. The van der Waals surface area contributed by atoms with Crippen LogP contribution in [0.15, 0.2) is 164 Å². The SMILES string of the molecule is CC(C)(C)OC(=O)N(CC1(CN)CCC1)[C@H]1CC1c1ccccc1.[C-]#[N+]c1ccccc1C=O.[C-]#[N+]c1ccccc1CNCC1(CN(C(=O)OC(C)(C)C)[C@H]2CC2c2ccccc2)CCC1.[C-]#[N+]c1ccccc1CNCC1(CN[C@H]2CC2c2ccccc2)CCC1. The summed E-state index contributed by atoms with van der Waals surface area (Å²) in [5.74, 6) is 1.51. The molecule has 0 aliphatic heterocycles. The molecule has 488 valence electrons. The van der Waals surface area contributed by atoms with Crippen LogP contribution < -0.4 is 21.7 Å². The first kappa shape index (κ1) is 69.2. The highest BCUT2D eigenvalue weighted by Crippen LogP contribution is 2.51. The maximum absolute atomic E-state index is 13.3. The summed E-state index contributed by atoms with van der Waals surface area (Å²) >= 11 is 0. The molecular formula is C79H97N9O5. The van der Waals surface area contributed by atoms with E-state index in [1.165, 1.54) is 55.2 Å². The fraction of sp³-hybridized carbons (Fsp3) is 0.468. The van der Waals surface area contributed by atoms with Crippen molar-refractivity contribution in [2.75, 3.05) is 39.3 Å². The summed E-state index contributed by atoms with van der Waals surface area (Å²) in [4.78, 5) is 50.7. The monoisotopic (exact) mass is 1250 g/mol. The van der Waals surface area contributed by atoms with Gasteiger partial charge in [0.1, 0.15) is 17.5 Å². The van der Waals surface area contributed by atoms with Gasteiger partial charge in [0.25, 0.3) is 0 Å². The number of para-hydroxylation sites is 3. The van der Waals surface area contributed by atoms with Gasteiger partial charge in [-0.2, -0.15) is 0 Å². The lowest BCUT2D eigenvalue weighted by Gasteiger charge is -2.45. The van der Waals surface area contributed by atoms with Crippen LogP contribution in [0.25, 0.3) is 14.5 Å². The van der Waals surface area contributed by atoms with Crippen LogP contribution in [0.1, 0.15) is 175 Å². The number of amides is 2. The van der Waals surface area contributed by atoms with Gasteiger partial charge in [-0.25, -0.2) is 24.1 Å². The number of carbonyl (C=O) groups is 3. The molecule has 6 aliphatic rings. The molecule has 93 heavy (non-hydrogen) atoms. The first-order chi connectivity index (χ1) is 44.8. The maximum Gasteiger partial charge on any atom is 0.410 e. The molecule has 5 N–H and O–H groups in total. The van der Waals surface area contributed by atoms with E-state index < -0.39 is 11.2 Å². The number of nitrogens with one attached hydrogen (secondary N) is 3. The van der Waals surface area contributed by atoms with Gasteiger partial charge in [0.2, 0.25) is 0 Å². The predicted molar refractivity (Wildman–Crippen MR) is 371 cm³/mol. The molecule has 0 radical (unpaired) electrons. The molecular weight excluding hydrogens is 1150 g/mol. The van der Waals surface area contributed by atoms with E-state index in [4.69, 9.17) is 34.9 Å². The highest BCUT2D eigenvalue weighted by Gasteiger charge is 2.52. The van der Waals surface area contributed by atoms with Crippen LogP contribution in [0, 0.1) is 36.0 Å². The molecule has 0 spiro atoms. The second kappa shape index (κ2) is 31.6. The minimum Gasteiger partial charge on any atom is -0.444 e. The Morgan fingerprint density at radius 1 is 0.505 bits per heavy atom. The standard InChI is InChI=1S/C28H35N3O2.C23H27N3.C20H30N2O2.C8H5NO/c1-27(2,3)33-26(32)31(25-17-23(25)21-11-6-5-7-12-21)20-28(15-10-16-28)19-30-18-22-13-8-9-14-24(22)29-4;1-24-21-11-6-5-10-19(21)15-25-16-23(12-7-13-23)17-26-22-14-20(22)18-8-3-2-4-9-18;1-19(2,3)24-18(23)22(14-20(13-21)10-7-11-20)17-12-16(17)15-8-5-4-6-9-15;1-9-8-5-3-2-4-7(8)6-10/h5-9,11-14,23,25,30H,10,15-20H2,1-3H3;2-6,8-11,20,22,25-26H,7,12-17H2;4-6,8-9,16-17H,7,10-14,21H2,1-3H3;2-6H/t23?,25-;20?,22-;16?,17-;/m000./s1. The molecule has 6 aromatic carbocycles.